The minimum atomic E-state index is -4.90. The van der Waals surface area contributed by atoms with Crippen molar-refractivity contribution < 1.29 is 26.3 Å². The molecule has 0 bridgehead atoms. The van der Waals surface area contributed by atoms with Crippen molar-refractivity contribution in [1.29, 1.82) is 0 Å². The number of thiocarbonyl (C=S) groups is 1. The Labute approximate surface area is 150 Å². The number of rotatable bonds is 2. The molecule has 0 heterocycles. The molecule has 1 nitrogen and oxygen atoms in total. The molecule has 8 heteroatoms. The van der Waals surface area contributed by atoms with Crippen molar-refractivity contribution in [1.82, 2.24) is 0 Å². The minimum absolute atomic E-state index is 0.0823. The molecule has 0 radical (unpaired) electrons. The molecule has 0 saturated heterocycles. The van der Waals surface area contributed by atoms with E-state index in [9.17, 15) is 26.3 Å². The van der Waals surface area contributed by atoms with Gasteiger partial charge in [-0.3, -0.25) is 0 Å². The molecule has 0 atom stereocenters. The molecular weight excluding hydrogens is 376 g/mol. The molecule has 0 amide bonds. The average molecular weight is 387 g/mol. The van der Waals surface area contributed by atoms with E-state index in [4.69, 9.17) is 12.2 Å². The number of nitrogens with one attached hydrogen (secondary N) is 1. The summed E-state index contributed by atoms with van der Waals surface area (Å²) in [6, 6.07) is 8.73. The number of benzene rings is 2. The molecule has 136 valence electrons. The van der Waals surface area contributed by atoms with Crippen LogP contribution in [0.2, 0.25) is 0 Å². The molecule has 0 aromatic heterocycles. The van der Waals surface area contributed by atoms with E-state index in [0.717, 1.165) is 11.1 Å². The summed E-state index contributed by atoms with van der Waals surface area (Å²) >= 11 is 5.17. The van der Waals surface area contributed by atoms with Crippen molar-refractivity contribution in [2.45, 2.75) is 18.8 Å². The molecule has 1 N–H and O–H groups in total. The van der Waals surface area contributed by atoms with E-state index >= 15 is 0 Å². The average Bonchev–Trinajstić information content (AvgIpc) is 2.97. The molecule has 1 aliphatic rings. The zero-order valence-corrected chi connectivity index (χ0v) is 13.8. The summed E-state index contributed by atoms with van der Waals surface area (Å²) in [5, 5.41) is 2.51. The van der Waals surface area contributed by atoms with E-state index in [2.05, 4.69) is 5.32 Å². The second-order valence-corrected chi connectivity index (χ2v) is 6.20. The zero-order chi connectivity index (χ0) is 19.1. The van der Waals surface area contributed by atoms with Crippen LogP contribution >= 0.6 is 12.2 Å². The zero-order valence-electron chi connectivity index (χ0n) is 13.0. The molecule has 0 aliphatic heterocycles. The van der Waals surface area contributed by atoms with E-state index in [0.29, 0.717) is 24.1 Å². The molecule has 2 aromatic rings. The summed E-state index contributed by atoms with van der Waals surface area (Å²) in [4.78, 5) is 0.0913. The fourth-order valence-electron chi connectivity index (χ4n) is 2.66. The second kappa shape index (κ2) is 6.42. The van der Waals surface area contributed by atoms with Crippen molar-refractivity contribution in [3.05, 3.63) is 70.3 Å². The molecule has 0 unspecified atom stereocenters. The molecule has 1 aliphatic carbocycles. The van der Waals surface area contributed by atoms with Gasteiger partial charge in [-0.15, -0.1) is 0 Å². The topological polar surface area (TPSA) is 12.0 Å². The maximum Gasteiger partial charge on any atom is 0.416 e. The van der Waals surface area contributed by atoms with Crippen LogP contribution in [0.15, 0.2) is 48.0 Å². The first-order chi connectivity index (χ1) is 12.0. The van der Waals surface area contributed by atoms with Crippen LogP contribution in [0.3, 0.4) is 0 Å². The molecule has 26 heavy (non-hydrogen) atoms. The predicted octanol–water partition coefficient (Wildman–Crippen LogP) is 6.10. The fourth-order valence-corrected chi connectivity index (χ4v) is 2.91. The monoisotopic (exact) mass is 387 g/mol. The number of alkyl halides is 6. The first-order valence-corrected chi connectivity index (χ1v) is 7.84. The highest BCUT2D eigenvalue weighted by molar-refractivity contribution is 7.81. The highest BCUT2D eigenvalue weighted by atomic mass is 32.1. The lowest BCUT2D eigenvalue weighted by molar-refractivity contribution is -0.143. The van der Waals surface area contributed by atoms with Gasteiger partial charge in [0.2, 0.25) is 0 Å². The fraction of sp³-hybridized carbons (Fsp3) is 0.167. The van der Waals surface area contributed by atoms with Gasteiger partial charge in [-0.05, 0) is 41.0 Å². The molecule has 0 saturated carbocycles. The van der Waals surface area contributed by atoms with Crippen LogP contribution in [-0.4, -0.2) is 4.99 Å². The van der Waals surface area contributed by atoms with Gasteiger partial charge in [-0.2, -0.15) is 26.3 Å². The van der Waals surface area contributed by atoms with Crippen LogP contribution < -0.4 is 5.32 Å². The molecule has 0 fully saturated rings. The van der Waals surface area contributed by atoms with Gasteiger partial charge < -0.3 is 5.32 Å². The standard InChI is InChI=1S/C18H11F6NS/c19-17(20,21)13-7-14(18(22,23)24)9-15(8-13)25-16(26)12-5-10-3-1-2-4-11(10)6-12/h1-5,7-9H,6H2,(H,25,26). The van der Waals surface area contributed by atoms with E-state index in [1.165, 1.54) is 0 Å². The van der Waals surface area contributed by atoms with Gasteiger partial charge in [-0.25, -0.2) is 0 Å². The third-order valence-electron chi connectivity index (χ3n) is 3.90. The van der Waals surface area contributed by atoms with Gasteiger partial charge in [0, 0.05) is 12.1 Å². The van der Waals surface area contributed by atoms with Crippen molar-refractivity contribution in [3.8, 4) is 0 Å². The van der Waals surface area contributed by atoms with Crippen molar-refractivity contribution in [3.63, 3.8) is 0 Å². The lowest BCUT2D eigenvalue weighted by Crippen LogP contribution is -2.16. The number of fused-ring (bicyclic) bond motifs is 1. The first kappa shape index (κ1) is 18.4. The largest absolute Gasteiger partial charge is 0.416 e. The van der Waals surface area contributed by atoms with E-state index < -0.39 is 23.5 Å². The molecular formula is C18H11F6NS. The Morgan fingerprint density at radius 2 is 1.46 bits per heavy atom. The van der Waals surface area contributed by atoms with Gasteiger partial charge in [0.25, 0.3) is 0 Å². The Kier molecular flexibility index (Phi) is 4.56. The summed E-state index contributed by atoms with van der Waals surface area (Å²) in [6.07, 6.45) is -7.57. The normalized spacial score (nSPS) is 14.0. The maximum atomic E-state index is 12.9. The van der Waals surface area contributed by atoms with Gasteiger partial charge in [0.05, 0.1) is 11.1 Å². The van der Waals surface area contributed by atoms with E-state index in [-0.39, 0.29) is 16.7 Å². The number of hydrogen-bond acceptors (Lipinski definition) is 1. The predicted molar refractivity (Wildman–Crippen MR) is 90.8 cm³/mol. The molecule has 2 aromatic carbocycles. The lowest BCUT2D eigenvalue weighted by atomic mass is 10.1. The Hall–Kier alpha value is -2.35. The summed E-state index contributed by atoms with van der Waals surface area (Å²) in [5.41, 5.74) is -0.581. The van der Waals surface area contributed by atoms with Gasteiger partial charge in [-0.1, -0.05) is 36.5 Å². The summed E-state index contributed by atoms with van der Waals surface area (Å²) in [5.74, 6) is 0. The van der Waals surface area contributed by atoms with Crippen molar-refractivity contribution >= 4 is 29.0 Å². The number of hydrogen-bond donors (Lipinski definition) is 1. The highest BCUT2D eigenvalue weighted by Gasteiger charge is 2.37. The van der Waals surface area contributed by atoms with Crippen LogP contribution in [0.1, 0.15) is 22.3 Å². The Morgan fingerprint density at radius 3 is 2.00 bits per heavy atom. The lowest BCUT2D eigenvalue weighted by Gasteiger charge is -2.16. The van der Waals surface area contributed by atoms with Gasteiger partial charge >= 0.3 is 12.4 Å². The minimum Gasteiger partial charge on any atom is -0.346 e. The highest BCUT2D eigenvalue weighted by Crippen LogP contribution is 2.38. The molecule has 0 spiro atoms. The summed E-state index contributed by atoms with van der Waals surface area (Å²) in [6.45, 7) is 0. The van der Waals surface area contributed by atoms with Gasteiger partial charge in [0.1, 0.15) is 4.99 Å². The third-order valence-corrected chi connectivity index (χ3v) is 4.27. The number of anilines is 1. The number of halogens is 6. The van der Waals surface area contributed by atoms with Crippen molar-refractivity contribution in [2.24, 2.45) is 0 Å². The summed E-state index contributed by atoms with van der Waals surface area (Å²) < 4.78 is 77.5. The Morgan fingerprint density at radius 1 is 0.885 bits per heavy atom. The quantitative estimate of drug-likeness (QED) is 0.493. The first-order valence-electron chi connectivity index (χ1n) is 7.43. The maximum absolute atomic E-state index is 12.9. The SMILES string of the molecule is FC(F)(F)c1cc(NC(=S)C2=Cc3ccccc3C2)cc(C(F)(F)F)c1. The van der Waals surface area contributed by atoms with E-state index in [1.54, 1.807) is 6.08 Å². The van der Waals surface area contributed by atoms with Crippen LogP contribution in [0.5, 0.6) is 0 Å². The summed E-state index contributed by atoms with van der Waals surface area (Å²) in [7, 11) is 0. The Balaban J connectivity index is 1.89. The van der Waals surface area contributed by atoms with Crippen molar-refractivity contribution in [2.75, 3.05) is 5.32 Å². The van der Waals surface area contributed by atoms with E-state index in [1.807, 2.05) is 24.3 Å². The van der Waals surface area contributed by atoms with Crippen LogP contribution in [0.25, 0.3) is 6.08 Å². The third kappa shape index (κ3) is 3.90. The van der Waals surface area contributed by atoms with Crippen LogP contribution in [-0.2, 0) is 18.8 Å². The van der Waals surface area contributed by atoms with Crippen LogP contribution in [0, 0.1) is 0 Å². The smallest absolute Gasteiger partial charge is 0.346 e. The second-order valence-electron chi connectivity index (χ2n) is 5.79. The van der Waals surface area contributed by atoms with Crippen LogP contribution in [0.4, 0.5) is 32.0 Å². The van der Waals surface area contributed by atoms with Gasteiger partial charge in [0.15, 0.2) is 0 Å². The molecule has 3 rings (SSSR count). The Bertz CT molecular complexity index is 863.